The van der Waals surface area contributed by atoms with E-state index in [0.717, 1.165) is 24.4 Å². The standard InChI is InChI=1S/C21H26N2O5/c1-5-10-23-14(2)11-18(15(23)3)19(24)13-28-20(25)12-22-21(26)16-6-8-17(27-4)9-7-16/h6-9,11H,5,10,12-13H2,1-4H3,(H,22,26). The lowest BCUT2D eigenvalue weighted by atomic mass is 10.1. The molecule has 0 fully saturated rings. The van der Waals surface area contributed by atoms with Crippen LogP contribution in [0.5, 0.6) is 5.75 Å². The van der Waals surface area contributed by atoms with Gasteiger partial charge in [0.2, 0.25) is 5.78 Å². The number of aryl methyl sites for hydroxylation is 1. The zero-order valence-corrected chi connectivity index (χ0v) is 16.7. The molecule has 7 heteroatoms. The van der Waals surface area contributed by atoms with Crippen LogP contribution in [-0.2, 0) is 16.1 Å². The number of carbonyl (C=O) groups excluding carboxylic acids is 3. The van der Waals surface area contributed by atoms with Crippen molar-refractivity contribution in [2.24, 2.45) is 0 Å². The van der Waals surface area contributed by atoms with Crippen molar-refractivity contribution in [3.8, 4) is 5.75 Å². The second-order valence-corrected chi connectivity index (χ2v) is 6.43. The van der Waals surface area contributed by atoms with Gasteiger partial charge in [0.15, 0.2) is 6.61 Å². The molecule has 0 radical (unpaired) electrons. The van der Waals surface area contributed by atoms with Gasteiger partial charge >= 0.3 is 5.97 Å². The minimum atomic E-state index is -0.669. The second-order valence-electron chi connectivity index (χ2n) is 6.43. The van der Waals surface area contributed by atoms with E-state index in [1.165, 1.54) is 7.11 Å². The maximum Gasteiger partial charge on any atom is 0.325 e. The first kappa shape index (κ1) is 21.2. The SMILES string of the molecule is CCCn1c(C)cc(C(=O)COC(=O)CNC(=O)c2ccc(OC)cc2)c1C. The predicted molar refractivity (Wildman–Crippen MR) is 105 cm³/mol. The van der Waals surface area contributed by atoms with Crippen LogP contribution in [0.15, 0.2) is 30.3 Å². The molecule has 0 aliphatic rings. The number of nitrogens with zero attached hydrogens (tertiary/aromatic N) is 1. The molecule has 0 aliphatic heterocycles. The summed E-state index contributed by atoms with van der Waals surface area (Å²) in [6.07, 6.45) is 0.965. The van der Waals surface area contributed by atoms with Gasteiger partial charge < -0.3 is 19.4 Å². The van der Waals surface area contributed by atoms with E-state index in [1.54, 1.807) is 24.3 Å². The van der Waals surface area contributed by atoms with E-state index in [-0.39, 0.29) is 18.9 Å². The molecule has 7 nitrogen and oxygen atoms in total. The zero-order chi connectivity index (χ0) is 20.7. The van der Waals surface area contributed by atoms with E-state index in [2.05, 4.69) is 16.8 Å². The van der Waals surface area contributed by atoms with E-state index in [9.17, 15) is 14.4 Å². The Bertz CT molecular complexity index is 852. The van der Waals surface area contributed by atoms with Crippen molar-refractivity contribution in [1.82, 2.24) is 9.88 Å². The molecule has 0 atom stereocenters. The van der Waals surface area contributed by atoms with Crippen molar-refractivity contribution in [3.05, 3.63) is 52.8 Å². The molecule has 1 aromatic carbocycles. The molecule has 0 spiro atoms. The highest BCUT2D eigenvalue weighted by atomic mass is 16.5. The van der Waals surface area contributed by atoms with E-state index in [4.69, 9.17) is 9.47 Å². The Labute approximate surface area is 164 Å². The van der Waals surface area contributed by atoms with Crippen molar-refractivity contribution >= 4 is 17.7 Å². The number of amides is 1. The molecule has 150 valence electrons. The van der Waals surface area contributed by atoms with Crippen molar-refractivity contribution < 1.29 is 23.9 Å². The van der Waals surface area contributed by atoms with Gasteiger partial charge in [-0.05, 0) is 50.6 Å². The van der Waals surface area contributed by atoms with Gasteiger partial charge in [-0.25, -0.2) is 0 Å². The van der Waals surface area contributed by atoms with Crippen molar-refractivity contribution in [3.63, 3.8) is 0 Å². The van der Waals surface area contributed by atoms with Gasteiger partial charge in [0.25, 0.3) is 5.91 Å². The molecule has 0 aliphatic carbocycles. The molecular weight excluding hydrogens is 360 g/mol. The Hall–Kier alpha value is -3.09. The van der Waals surface area contributed by atoms with Crippen LogP contribution >= 0.6 is 0 Å². The largest absolute Gasteiger partial charge is 0.497 e. The Morgan fingerprint density at radius 2 is 1.79 bits per heavy atom. The molecular formula is C21H26N2O5. The lowest BCUT2D eigenvalue weighted by Gasteiger charge is -2.08. The van der Waals surface area contributed by atoms with Crippen LogP contribution in [0.25, 0.3) is 0 Å². The third-order valence-corrected chi connectivity index (χ3v) is 4.43. The number of nitrogens with one attached hydrogen (secondary N) is 1. The van der Waals surface area contributed by atoms with Gasteiger partial charge in [-0.15, -0.1) is 0 Å². The number of rotatable bonds is 9. The first-order valence-corrected chi connectivity index (χ1v) is 9.15. The summed E-state index contributed by atoms with van der Waals surface area (Å²) in [6, 6.07) is 8.30. The van der Waals surface area contributed by atoms with E-state index in [1.807, 2.05) is 19.9 Å². The fourth-order valence-electron chi connectivity index (χ4n) is 2.92. The molecule has 28 heavy (non-hydrogen) atoms. The smallest absolute Gasteiger partial charge is 0.325 e. The summed E-state index contributed by atoms with van der Waals surface area (Å²) >= 11 is 0. The minimum absolute atomic E-state index is 0.259. The average Bonchev–Trinajstić information content (AvgIpc) is 2.99. The topological polar surface area (TPSA) is 86.6 Å². The number of hydrogen-bond acceptors (Lipinski definition) is 5. The highest BCUT2D eigenvalue weighted by molar-refractivity contribution is 6.00. The lowest BCUT2D eigenvalue weighted by molar-refractivity contribution is -0.141. The van der Waals surface area contributed by atoms with Crippen LogP contribution in [0.2, 0.25) is 0 Å². The number of aromatic nitrogens is 1. The van der Waals surface area contributed by atoms with Crippen molar-refractivity contribution in [2.75, 3.05) is 20.3 Å². The maximum atomic E-state index is 12.4. The van der Waals surface area contributed by atoms with Gasteiger partial charge in [0, 0.05) is 29.1 Å². The number of methoxy groups -OCH3 is 1. The minimum Gasteiger partial charge on any atom is -0.497 e. The fraction of sp³-hybridized carbons (Fsp3) is 0.381. The summed E-state index contributed by atoms with van der Waals surface area (Å²) in [4.78, 5) is 36.3. The van der Waals surface area contributed by atoms with Gasteiger partial charge in [0.1, 0.15) is 12.3 Å². The summed E-state index contributed by atoms with van der Waals surface area (Å²) < 4.78 is 12.1. The average molecular weight is 386 g/mol. The molecule has 0 unspecified atom stereocenters. The van der Waals surface area contributed by atoms with Gasteiger partial charge in [-0.3, -0.25) is 14.4 Å². The zero-order valence-electron chi connectivity index (χ0n) is 16.7. The number of Topliss-reactive ketones (excluding diaryl/α,β-unsaturated/α-hetero) is 1. The highest BCUT2D eigenvalue weighted by Crippen LogP contribution is 2.16. The van der Waals surface area contributed by atoms with E-state index >= 15 is 0 Å². The molecule has 0 saturated carbocycles. The Morgan fingerprint density at radius 1 is 1.11 bits per heavy atom. The predicted octanol–water partition coefficient (Wildman–Crippen LogP) is 2.68. The maximum absolute atomic E-state index is 12.4. The summed E-state index contributed by atoms with van der Waals surface area (Å²) in [5.74, 6) is -0.704. The van der Waals surface area contributed by atoms with Crippen molar-refractivity contribution in [2.45, 2.75) is 33.7 Å². The fourth-order valence-corrected chi connectivity index (χ4v) is 2.92. The van der Waals surface area contributed by atoms with Crippen LogP contribution in [-0.4, -0.2) is 42.5 Å². The molecule has 1 aromatic heterocycles. The Kier molecular flexibility index (Phi) is 7.37. The van der Waals surface area contributed by atoms with Crippen LogP contribution < -0.4 is 10.1 Å². The van der Waals surface area contributed by atoms with Gasteiger partial charge in [0.05, 0.1) is 7.11 Å². The third-order valence-electron chi connectivity index (χ3n) is 4.43. The number of ether oxygens (including phenoxy) is 2. The third kappa shape index (κ3) is 5.22. The number of ketones is 1. The number of hydrogen-bond donors (Lipinski definition) is 1. The summed E-state index contributed by atoms with van der Waals surface area (Å²) in [6.45, 7) is 6.07. The van der Waals surface area contributed by atoms with Crippen LogP contribution in [0, 0.1) is 13.8 Å². The number of carbonyl (C=O) groups is 3. The Morgan fingerprint density at radius 3 is 2.39 bits per heavy atom. The van der Waals surface area contributed by atoms with Gasteiger partial charge in [-0.1, -0.05) is 6.92 Å². The monoisotopic (exact) mass is 386 g/mol. The molecule has 1 amide bonds. The summed E-state index contributed by atoms with van der Waals surface area (Å²) in [5.41, 5.74) is 2.82. The van der Waals surface area contributed by atoms with Crippen LogP contribution in [0.1, 0.15) is 45.4 Å². The lowest BCUT2D eigenvalue weighted by Crippen LogP contribution is -2.31. The first-order chi connectivity index (χ1) is 13.4. The Balaban J connectivity index is 1.84. The molecule has 0 bridgehead atoms. The molecule has 1 heterocycles. The molecule has 2 rings (SSSR count). The highest BCUT2D eigenvalue weighted by Gasteiger charge is 2.17. The summed E-state index contributed by atoms with van der Waals surface area (Å²) in [5, 5.41) is 2.47. The van der Waals surface area contributed by atoms with Crippen LogP contribution in [0.4, 0.5) is 0 Å². The quantitative estimate of drug-likeness (QED) is 0.529. The van der Waals surface area contributed by atoms with Crippen LogP contribution in [0.3, 0.4) is 0 Å². The normalized spacial score (nSPS) is 10.4. The number of esters is 1. The van der Waals surface area contributed by atoms with E-state index in [0.29, 0.717) is 16.9 Å². The number of benzene rings is 1. The van der Waals surface area contributed by atoms with E-state index < -0.39 is 11.9 Å². The second kappa shape index (κ2) is 9.73. The first-order valence-electron chi connectivity index (χ1n) is 9.15. The molecule has 2 aromatic rings. The van der Waals surface area contributed by atoms with Gasteiger partial charge in [-0.2, -0.15) is 0 Å². The van der Waals surface area contributed by atoms with Crippen molar-refractivity contribution in [1.29, 1.82) is 0 Å². The molecule has 0 saturated heterocycles. The summed E-state index contributed by atoms with van der Waals surface area (Å²) in [7, 11) is 1.54. The molecule has 1 N–H and O–H groups in total.